The predicted molar refractivity (Wildman–Crippen MR) is 92.4 cm³/mol. The van der Waals surface area contributed by atoms with E-state index in [0.29, 0.717) is 23.0 Å². The Morgan fingerprint density at radius 3 is 2.71 bits per heavy atom. The first-order valence-electron chi connectivity index (χ1n) is 8.61. The summed E-state index contributed by atoms with van der Waals surface area (Å²) in [5, 5.41) is 5.89. The fourth-order valence-corrected chi connectivity index (χ4v) is 3.23. The van der Waals surface area contributed by atoms with Crippen LogP contribution in [0.1, 0.15) is 44.0 Å². The van der Waals surface area contributed by atoms with E-state index < -0.39 is 6.10 Å². The Balaban J connectivity index is 1.68. The number of nitrogens with one attached hydrogen (secondary N) is 2. The van der Waals surface area contributed by atoms with Crippen molar-refractivity contribution in [3.8, 4) is 5.75 Å². The minimum absolute atomic E-state index is 0.141. The maximum atomic E-state index is 12.7. The molecule has 6 nitrogen and oxygen atoms in total. The van der Waals surface area contributed by atoms with Crippen LogP contribution >= 0.6 is 0 Å². The lowest BCUT2D eigenvalue weighted by Crippen LogP contribution is -2.46. The molecule has 1 saturated heterocycles. The summed E-state index contributed by atoms with van der Waals surface area (Å²) in [5.74, 6) is 0.126. The second-order valence-corrected chi connectivity index (χ2v) is 6.81. The summed E-state index contributed by atoms with van der Waals surface area (Å²) in [5.41, 5.74) is 1.03. The van der Waals surface area contributed by atoms with E-state index in [-0.39, 0.29) is 17.9 Å². The van der Waals surface area contributed by atoms with E-state index in [4.69, 9.17) is 4.74 Å². The van der Waals surface area contributed by atoms with Crippen molar-refractivity contribution in [2.45, 2.75) is 51.8 Å². The number of benzene rings is 1. The molecule has 24 heavy (non-hydrogen) atoms. The molecule has 2 aliphatic heterocycles. The monoisotopic (exact) mass is 331 g/mol. The Kier molecular flexibility index (Phi) is 4.76. The van der Waals surface area contributed by atoms with Crippen molar-refractivity contribution in [3.05, 3.63) is 23.8 Å². The van der Waals surface area contributed by atoms with Crippen molar-refractivity contribution in [1.82, 2.24) is 10.2 Å². The van der Waals surface area contributed by atoms with E-state index in [9.17, 15) is 9.59 Å². The minimum Gasteiger partial charge on any atom is -0.478 e. The third kappa shape index (κ3) is 3.38. The molecule has 1 fully saturated rings. The smallest absolute Gasteiger partial charge is 0.265 e. The quantitative estimate of drug-likeness (QED) is 0.889. The molecule has 1 aromatic rings. The second-order valence-electron chi connectivity index (χ2n) is 6.81. The fourth-order valence-electron chi connectivity index (χ4n) is 3.23. The van der Waals surface area contributed by atoms with Gasteiger partial charge in [-0.25, -0.2) is 0 Å². The van der Waals surface area contributed by atoms with E-state index in [2.05, 4.69) is 29.4 Å². The van der Waals surface area contributed by atoms with Crippen LogP contribution in [-0.4, -0.2) is 48.0 Å². The Bertz CT molecular complexity index is 636. The normalized spacial score (nSPS) is 21.8. The summed E-state index contributed by atoms with van der Waals surface area (Å²) in [7, 11) is 0. The molecule has 0 aromatic heterocycles. The number of anilines is 1. The molecule has 2 heterocycles. The Morgan fingerprint density at radius 1 is 1.33 bits per heavy atom. The van der Waals surface area contributed by atoms with Gasteiger partial charge in [0.2, 0.25) is 0 Å². The van der Waals surface area contributed by atoms with E-state index in [1.807, 2.05) is 0 Å². The average Bonchev–Trinajstić information content (AvgIpc) is 2.56. The van der Waals surface area contributed by atoms with Crippen molar-refractivity contribution in [2.24, 2.45) is 0 Å². The molecule has 3 rings (SSSR count). The lowest BCUT2D eigenvalue weighted by atomic mass is 10.0. The molecule has 2 amide bonds. The van der Waals surface area contributed by atoms with Crippen LogP contribution in [-0.2, 0) is 4.79 Å². The van der Waals surface area contributed by atoms with Gasteiger partial charge in [0.15, 0.2) is 11.9 Å². The van der Waals surface area contributed by atoms with Crippen molar-refractivity contribution in [1.29, 1.82) is 0 Å². The number of piperidine rings is 1. The zero-order chi connectivity index (χ0) is 17.3. The summed E-state index contributed by atoms with van der Waals surface area (Å²) < 4.78 is 5.65. The molecule has 1 atom stereocenters. The molecule has 2 N–H and O–H groups in total. The number of hydrogen-bond acceptors (Lipinski definition) is 4. The van der Waals surface area contributed by atoms with Crippen LogP contribution in [0, 0.1) is 0 Å². The van der Waals surface area contributed by atoms with Crippen LogP contribution in [0.5, 0.6) is 5.75 Å². The minimum atomic E-state index is -0.597. The number of amides is 2. The third-order valence-electron chi connectivity index (χ3n) is 4.78. The first kappa shape index (κ1) is 16.8. The molecule has 1 unspecified atom stereocenters. The molecular formula is C18H25N3O3. The van der Waals surface area contributed by atoms with Crippen LogP contribution in [0.15, 0.2) is 18.2 Å². The van der Waals surface area contributed by atoms with Crippen LogP contribution in [0.3, 0.4) is 0 Å². The first-order chi connectivity index (χ1) is 11.5. The van der Waals surface area contributed by atoms with Gasteiger partial charge in [0.1, 0.15) is 0 Å². The predicted octanol–water partition coefficient (Wildman–Crippen LogP) is 2.01. The summed E-state index contributed by atoms with van der Waals surface area (Å²) in [4.78, 5) is 26.8. The summed E-state index contributed by atoms with van der Waals surface area (Å²) in [6.45, 7) is 8.07. The summed E-state index contributed by atoms with van der Waals surface area (Å²) in [6, 6.07) is 5.97. The molecule has 0 spiro atoms. The molecule has 0 radical (unpaired) electrons. The van der Waals surface area contributed by atoms with Gasteiger partial charge < -0.3 is 20.3 Å². The Labute approximate surface area is 142 Å². The van der Waals surface area contributed by atoms with Crippen molar-refractivity contribution in [2.75, 3.05) is 18.4 Å². The number of carbonyl (C=O) groups is 2. The number of hydrogen-bond donors (Lipinski definition) is 2. The highest BCUT2D eigenvalue weighted by molar-refractivity contribution is 6.04. The molecule has 0 bridgehead atoms. The van der Waals surface area contributed by atoms with E-state index >= 15 is 0 Å². The number of likely N-dealkylation sites (tertiary alicyclic amines) is 1. The van der Waals surface area contributed by atoms with Gasteiger partial charge in [-0.3, -0.25) is 9.59 Å². The molecule has 1 aromatic carbocycles. The topological polar surface area (TPSA) is 70.7 Å². The highest BCUT2D eigenvalue weighted by Gasteiger charge is 2.29. The number of ether oxygens (including phenoxy) is 1. The third-order valence-corrected chi connectivity index (χ3v) is 4.78. The molecule has 0 saturated carbocycles. The van der Waals surface area contributed by atoms with Gasteiger partial charge in [-0.1, -0.05) is 6.07 Å². The standard InChI is InChI=1S/C18H25N3O3/c1-11(2)21-9-7-13(8-10-21)19-18(23)14-5-4-6-15-16(14)24-12(3)17(22)20-15/h4-6,11-13H,7-10H2,1-3H3,(H,19,23)(H,20,22). The van der Waals surface area contributed by atoms with Crippen LogP contribution in [0.25, 0.3) is 0 Å². The lowest BCUT2D eigenvalue weighted by Gasteiger charge is -2.35. The van der Waals surface area contributed by atoms with Gasteiger partial charge in [0.25, 0.3) is 11.8 Å². The van der Waals surface area contributed by atoms with Gasteiger partial charge in [0, 0.05) is 25.2 Å². The SMILES string of the molecule is CC1Oc2c(cccc2C(=O)NC2CCN(C(C)C)CC2)NC1=O. The number of fused-ring (bicyclic) bond motifs is 1. The highest BCUT2D eigenvalue weighted by Crippen LogP contribution is 2.33. The van der Waals surface area contributed by atoms with E-state index in [1.54, 1.807) is 25.1 Å². The molecule has 2 aliphatic rings. The van der Waals surface area contributed by atoms with Gasteiger partial charge >= 0.3 is 0 Å². The summed E-state index contributed by atoms with van der Waals surface area (Å²) >= 11 is 0. The number of rotatable bonds is 3. The molecular weight excluding hydrogens is 306 g/mol. The zero-order valence-electron chi connectivity index (χ0n) is 14.5. The van der Waals surface area contributed by atoms with Crippen molar-refractivity contribution >= 4 is 17.5 Å². The van der Waals surface area contributed by atoms with Gasteiger partial charge in [-0.05, 0) is 45.7 Å². The fraction of sp³-hybridized carbons (Fsp3) is 0.556. The van der Waals surface area contributed by atoms with Gasteiger partial charge in [-0.15, -0.1) is 0 Å². The number of para-hydroxylation sites is 1. The van der Waals surface area contributed by atoms with Crippen molar-refractivity contribution in [3.63, 3.8) is 0 Å². The number of carbonyl (C=O) groups excluding carboxylic acids is 2. The largest absolute Gasteiger partial charge is 0.478 e. The molecule has 6 heteroatoms. The lowest BCUT2D eigenvalue weighted by molar-refractivity contribution is -0.122. The second kappa shape index (κ2) is 6.81. The maximum Gasteiger partial charge on any atom is 0.265 e. The van der Waals surface area contributed by atoms with Crippen LogP contribution in [0.2, 0.25) is 0 Å². The van der Waals surface area contributed by atoms with Crippen molar-refractivity contribution < 1.29 is 14.3 Å². The molecule has 130 valence electrons. The average molecular weight is 331 g/mol. The highest BCUT2D eigenvalue weighted by atomic mass is 16.5. The zero-order valence-corrected chi connectivity index (χ0v) is 14.5. The van der Waals surface area contributed by atoms with E-state index in [0.717, 1.165) is 25.9 Å². The number of nitrogens with zero attached hydrogens (tertiary/aromatic N) is 1. The van der Waals surface area contributed by atoms with Gasteiger partial charge in [0.05, 0.1) is 11.3 Å². The maximum absolute atomic E-state index is 12.7. The Hall–Kier alpha value is -2.08. The molecule has 0 aliphatic carbocycles. The summed E-state index contributed by atoms with van der Waals surface area (Å²) in [6.07, 6.45) is 1.31. The van der Waals surface area contributed by atoms with Crippen LogP contribution < -0.4 is 15.4 Å². The van der Waals surface area contributed by atoms with E-state index in [1.165, 1.54) is 0 Å². The van der Waals surface area contributed by atoms with Gasteiger partial charge in [-0.2, -0.15) is 0 Å². The first-order valence-corrected chi connectivity index (χ1v) is 8.61. The Morgan fingerprint density at radius 2 is 2.04 bits per heavy atom. The van der Waals surface area contributed by atoms with Crippen LogP contribution in [0.4, 0.5) is 5.69 Å².